The van der Waals surface area contributed by atoms with Crippen molar-refractivity contribution in [3.05, 3.63) is 47.3 Å². The maximum atomic E-state index is 11.9. The van der Waals surface area contributed by atoms with Gasteiger partial charge in [0, 0.05) is 18.3 Å². The van der Waals surface area contributed by atoms with Crippen molar-refractivity contribution in [3.63, 3.8) is 0 Å². The molecule has 2 rings (SSSR count). The Morgan fingerprint density at radius 2 is 2.05 bits per heavy atom. The highest BCUT2D eigenvalue weighted by molar-refractivity contribution is 6.02. The number of aryl methyl sites for hydroxylation is 1. The van der Waals surface area contributed by atoms with Crippen molar-refractivity contribution in [1.29, 1.82) is 0 Å². The average Bonchev–Trinajstić information content (AvgIpc) is 2.88. The number of carbonyl (C=O) groups excluding carboxylic acids is 1. The van der Waals surface area contributed by atoms with Gasteiger partial charge in [-0.25, -0.2) is 0 Å². The van der Waals surface area contributed by atoms with Crippen LogP contribution in [-0.4, -0.2) is 17.6 Å². The van der Waals surface area contributed by atoms with Crippen LogP contribution in [0.1, 0.15) is 35.2 Å². The average molecular weight is 273 g/mol. The first-order valence-electron chi connectivity index (χ1n) is 6.73. The van der Waals surface area contributed by atoms with Crippen molar-refractivity contribution in [2.75, 3.05) is 11.9 Å². The summed E-state index contributed by atoms with van der Waals surface area (Å²) < 4.78 is 4.88. The predicted molar refractivity (Wildman–Crippen MR) is 77.6 cm³/mol. The number of aromatic nitrogens is 1. The molecule has 1 aromatic carbocycles. The number of benzene rings is 1. The minimum atomic E-state index is -0.265. The lowest BCUT2D eigenvalue weighted by molar-refractivity contribution is 0.101. The van der Waals surface area contributed by atoms with E-state index in [9.17, 15) is 4.79 Å². The molecule has 0 unspecified atom stereocenters. The summed E-state index contributed by atoms with van der Waals surface area (Å²) in [7, 11) is 0. The van der Waals surface area contributed by atoms with Crippen LogP contribution in [0.4, 0.5) is 5.69 Å². The lowest BCUT2D eigenvalue weighted by atomic mass is 10.2. The first-order valence-corrected chi connectivity index (χ1v) is 6.73. The highest BCUT2D eigenvalue weighted by Crippen LogP contribution is 2.11. The van der Waals surface area contributed by atoms with Crippen LogP contribution in [0.2, 0.25) is 0 Å². The number of hydrogen-bond donors (Lipinski definition) is 2. The quantitative estimate of drug-likeness (QED) is 0.794. The van der Waals surface area contributed by atoms with Crippen molar-refractivity contribution in [2.24, 2.45) is 0 Å². The monoisotopic (exact) mass is 273 g/mol. The van der Waals surface area contributed by atoms with E-state index in [1.54, 1.807) is 13.0 Å². The number of carbonyl (C=O) groups is 1. The van der Waals surface area contributed by atoms with Crippen LogP contribution in [0.15, 0.2) is 34.9 Å². The molecule has 0 spiro atoms. The number of rotatable bonds is 6. The topological polar surface area (TPSA) is 67.2 Å². The van der Waals surface area contributed by atoms with E-state index in [0.717, 1.165) is 25.2 Å². The van der Waals surface area contributed by atoms with Gasteiger partial charge in [-0.3, -0.25) is 4.79 Å². The van der Waals surface area contributed by atoms with E-state index in [4.69, 9.17) is 4.52 Å². The second-order valence-corrected chi connectivity index (χ2v) is 4.65. The zero-order valence-electron chi connectivity index (χ0n) is 11.8. The van der Waals surface area contributed by atoms with E-state index in [2.05, 4.69) is 22.7 Å². The van der Waals surface area contributed by atoms with Crippen molar-refractivity contribution in [1.82, 2.24) is 10.5 Å². The zero-order chi connectivity index (χ0) is 14.4. The van der Waals surface area contributed by atoms with E-state index in [1.165, 1.54) is 5.56 Å². The van der Waals surface area contributed by atoms with E-state index >= 15 is 0 Å². The first kappa shape index (κ1) is 14.3. The molecule has 1 heterocycles. The maximum absolute atomic E-state index is 11.9. The molecule has 2 N–H and O–H groups in total. The fraction of sp³-hybridized carbons (Fsp3) is 0.333. The molecule has 1 amide bonds. The summed E-state index contributed by atoms with van der Waals surface area (Å²) in [6.07, 6.45) is 1.12. The maximum Gasteiger partial charge on any atom is 0.277 e. The van der Waals surface area contributed by atoms with Gasteiger partial charge < -0.3 is 15.2 Å². The Morgan fingerprint density at radius 3 is 2.65 bits per heavy atom. The minimum absolute atomic E-state index is 0.265. The Hall–Kier alpha value is -2.14. The molecule has 0 aliphatic rings. The smallest absolute Gasteiger partial charge is 0.277 e. The van der Waals surface area contributed by atoms with Gasteiger partial charge in [0.05, 0.1) is 0 Å². The molecule has 5 heteroatoms. The first-order chi connectivity index (χ1) is 9.69. The van der Waals surface area contributed by atoms with Crippen LogP contribution >= 0.6 is 0 Å². The van der Waals surface area contributed by atoms with Gasteiger partial charge in [0.2, 0.25) is 0 Å². The van der Waals surface area contributed by atoms with Gasteiger partial charge >= 0.3 is 0 Å². The van der Waals surface area contributed by atoms with Gasteiger partial charge in [0.1, 0.15) is 5.76 Å². The second kappa shape index (κ2) is 6.86. The van der Waals surface area contributed by atoms with Gasteiger partial charge in [-0.1, -0.05) is 24.2 Å². The number of anilines is 1. The number of nitrogens with zero attached hydrogens (tertiary/aromatic N) is 1. The summed E-state index contributed by atoms with van der Waals surface area (Å²) in [6.45, 7) is 5.73. The minimum Gasteiger partial charge on any atom is -0.361 e. The highest BCUT2D eigenvalue weighted by Gasteiger charge is 2.10. The molecule has 0 aliphatic carbocycles. The van der Waals surface area contributed by atoms with Crippen molar-refractivity contribution < 1.29 is 9.32 Å². The standard InChI is InChI=1S/C15H19N3O2/c1-3-8-16-10-12-4-6-13(7-5-12)17-15(19)14-9-11(2)20-18-14/h4-7,9,16H,3,8,10H2,1-2H3,(H,17,19). The normalized spacial score (nSPS) is 10.5. The Bertz CT molecular complexity index is 561. The molecule has 2 aromatic rings. The zero-order valence-corrected chi connectivity index (χ0v) is 11.8. The molecule has 0 radical (unpaired) electrons. The lowest BCUT2D eigenvalue weighted by Crippen LogP contribution is -2.14. The van der Waals surface area contributed by atoms with Crippen LogP contribution in [0, 0.1) is 6.92 Å². The third kappa shape index (κ3) is 3.93. The van der Waals surface area contributed by atoms with Crippen molar-refractivity contribution in [2.45, 2.75) is 26.8 Å². The summed E-state index contributed by atoms with van der Waals surface area (Å²) >= 11 is 0. The second-order valence-electron chi connectivity index (χ2n) is 4.65. The van der Waals surface area contributed by atoms with E-state index in [-0.39, 0.29) is 11.6 Å². The summed E-state index contributed by atoms with van der Waals surface area (Å²) in [5.74, 6) is 0.353. The molecule has 106 valence electrons. The SMILES string of the molecule is CCCNCc1ccc(NC(=O)c2cc(C)on2)cc1. The third-order valence-corrected chi connectivity index (χ3v) is 2.83. The van der Waals surface area contributed by atoms with Gasteiger partial charge in [-0.05, 0) is 37.6 Å². The summed E-state index contributed by atoms with van der Waals surface area (Å²) in [6, 6.07) is 9.36. The molecule has 5 nitrogen and oxygen atoms in total. The van der Waals surface area contributed by atoms with E-state index < -0.39 is 0 Å². The number of hydrogen-bond acceptors (Lipinski definition) is 4. The molecule has 0 fully saturated rings. The van der Waals surface area contributed by atoms with Crippen LogP contribution in [-0.2, 0) is 6.54 Å². The summed E-state index contributed by atoms with van der Waals surface area (Å²) in [5, 5.41) is 9.80. The van der Waals surface area contributed by atoms with Crippen molar-refractivity contribution in [3.8, 4) is 0 Å². The largest absolute Gasteiger partial charge is 0.361 e. The Morgan fingerprint density at radius 1 is 1.30 bits per heavy atom. The van der Waals surface area contributed by atoms with E-state index in [1.807, 2.05) is 24.3 Å². The van der Waals surface area contributed by atoms with Crippen LogP contribution in [0.25, 0.3) is 0 Å². The van der Waals surface area contributed by atoms with Crippen LogP contribution < -0.4 is 10.6 Å². The van der Waals surface area contributed by atoms with Gasteiger partial charge in [0.15, 0.2) is 5.69 Å². The lowest BCUT2D eigenvalue weighted by Gasteiger charge is -2.06. The number of amides is 1. The van der Waals surface area contributed by atoms with Gasteiger partial charge in [-0.15, -0.1) is 0 Å². The fourth-order valence-electron chi connectivity index (χ4n) is 1.78. The highest BCUT2D eigenvalue weighted by atomic mass is 16.5. The molecule has 0 atom stereocenters. The molecule has 0 saturated heterocycles. The third-order valence-electron chi connectivity index (χ3n) is 2.83. The number of nitrogens with one attached hydrogen (secondary N) is 2. The molecule has 0 aliphatic heterocycles. The van der Waals surface area contributed by atoms with Gasteiger partial charge in [-0.2, -0.15) is 0 Å². The molecule has 20 heavy (non-hydrogen) atoms. The fourth-order valence-corrected chi connectivity index (χ4v) is 1.78. The molecule has 0 bridgehead atoms. The van der Waals surface area contributed by atoms with Crippen LogP contribution in [0.5, 0.6) is 0 Å². The molecule has 0 saturated carbocycles. The molecular formula is C15H19N3O2. The Balaban J connectivity index is 1.91. The molecular weight excluding hydrogens is 254 g/mol. The van der Waals surface area contributed by atoms with E-state index in [0.29, 0.717) is 5.76 Å². The Kier molecular flexibility index (Phi) is 4.90. The van der Waals surface area contributed by atoms with Crippen molar-refractivity contribution >= 4 is 11.6 Å². The van der Waals surface area contributed by atoms with Crippen LogP contribution in [0.3, 0.4) is 0 Å². The molecule has 1 aromatic heterocycles. The summed E-state index contributed by atoms with van der Waals surface area (Å²) in [4.78, 5) is 11.9. The van der Waals surface area contributed by atoms with Gasteiger partial charge in [0.25, 0.3) is 5.91 Å². The summed E-state index contributed by atoms with van der Waals surface area (Å²) in [5.41, 5.74) is 2.22. The Labute approximate surface area is 118 Å². The predicted octanol–water partition coefficient (Wildman–Crippen LogP) is 2.73.